The summed E-state index contributed by atoms with van der Waals surface area (Å²) in [5.74, 6) is 0.224. The van der Waals surface area contributed by atoms with Gasteiger partial charge in [0.05, 0.1) is 6.10 Å². The van der Waals surface area contributed by atoms with Crippen molar-refractivity contribution in [3.8, 4) is 5.75 Å². The lowest BCUT2D eigenvalue weighted by molar-refractivity contribution is 0.0655. The summed E-state index contributed by atoms with van der Waals surface area (Å²) in [5, 5.41) is 14.0. The van der Waals surface area contributed by atoms with Crippen LogP contribution in [0, 0.1) is 5.82 Å². The Morgan fingerprint density at radius 1 is 1.35 bits per heavy atom. The van der Waals surface area contributed by atoms with Gasteiger partial charge in [-0.3, -0.25) is 0 Å². The van der Waals surface area contributed by atoms with Gasteiger partial charge in [0.2, 0.25) is 0 Å². The van der Waals surface area contributed by atoms with Crippen LogP contribution in [-0.2, 0) is 0 Å². The molecule has 3 rings (SSSR count). The molecule has 0 aliphatic carbocycles. The van der Waals surface area contributed by atoms with E-state index in [-0.39, 0.29) is 11.9 Å². The van der Waals surface area contributed by atoms with E-state index in [4.69, 9.17) is 4.74 Å². The maximum atomic E-state index is 13.1. The van der Waals surface area contributed by atoms with Crippen LogP contribution in [0.1, 0.15) is 29.8 Å². The lowest BCUT2D eigenvalue weighted by Gasteiger charge is -2.29. The molecular weight excluding hydrogens is 239 g/mol. The summed E-state index contributed by atoms with van der Waals surface area (Å²) < 4.78 is 18.9. The fourth-order valence-corrected chi connectivity index (χ4v) is 2.78. The van der Waals surface area contributed by atoms with Gasteiger partial charge in [-0.25, -0.2) is 4.39 Å². The Labute approximate surface area is 102 Å². The maximum Gasteiger partial charge on any atom is 0.127 e. The van der Waals surface area contributed by atoms with Crippen LogP contribution >= 0.6 is 11.3 Å². The molecule has 1 unspecified atom stereocenters. The van der Waals surface area contributed by atoms with Crippen LogP contribution in [0.2, 0.25) is 0 Å². The number of rotatable bonds is 1. The van der Waals surface area contributed by atoms with Crippen LogP contribution in [0.3, 0.4) is 0 Å². The molecule has 1 aromatic heterocycles. The van der Waals surface area contributed by atoms with E-state index in [0.29, 0.717) is 17.7 Å². The van der Waals surface area contributed by atoms with Crippen molar-refractivity contribution in [2.24, 2.45) is 0 Å². The van der Waals surface area contributed by atoms with Crippen molar-refractivity contribution in [3.05, 3.63) is 52.0 Å². The molecule has 0 radical (unpaired) electrons. The van der Waals surface area contributed by atoms with Gasteiger partial charge in [0, 0.05) is 17.5 Å². The van der Waals surface area contributed by atoms with Gasteiger partial charge in [-0.15, -0.1) is 0 Å². The average molecular weight is 250 g/mol. The summed E-state index contributed by atoms with van der Waals surface area (Å²) in [7, 11) is 0. The highest BCUT2D eigenvalue weighted by atomic mass is 32.1. The minimum absolute atomic E-state index is 0.144. The molecule has 4 heteroatoms. The molecule has 0 fully saturated rings. The molecule has 1 aliphatic rings. The summed E-state index contributed by atoms with van der Waals surface area (Å²) in [5.41, 5.74) is 1.60. The zero-order chi connectivity index (χ0) is 11.8. The van der Waals surface area contributed by atoms with Gasteiger partial charge in [0.15, 0.2) is 0 Å². The van der Waals surface area contributed by atoms with Crippen LogP contribution in [-0.4, -0.2) is 5.11 Å². The minimum Gasteiger partial charge on any atom is -0.485 e. The van der Waals surface area contributed by atoms with E-state index in [1.165, 1.54) is 12.1 Å². The van der Waals surface area contributed by atoms with Crippen LogP contribution < -0.4 is 4.74 Å². The Morgan fingerprint density at radius 2 is 2.24 bits per heavy atom. The van der Waals surface area contributed by atoms with Gasteiger partial charge in [-0.1, -0.05) is 0 Å². The number of hydrogen-bond acceptors (Lipinski definition) is 3. The molecule has 2 aromatic rings. The van der Waals surface area contributed by atoms with Gasteiger partial charge in [0.1, 0.15) is 17.7 Å². The predicted octanol–water partition coefficient (Wildman–Crippen LogP) is 3.44. The smallest absolute Gasteiger partial charge is 0.127 e. The van der Waals surface area contributed by atoms with E-state index < -0.39 is 6.10 Å². The molecule has 2 heterocycles. The summed E-state index contributed by atoms with van der Waals surface area (Å²) in [6.45, 7) is 0. The van der Waals surface area contributed by atoms with E-state index in [9.17, 15) is 9.50 Å². The fraction of sp³-hybridized carbons (Fsp3) is 0.231. The van der Waals surface area contributed by atoms with Gasteiger partial charge in [-0.05, 0) is 35.0 Å². The van der Waals surface area contributed by atoms with Crippen LogP contribution in [0.25, 0.3) is 0 Å². The van der Waals surface area contributed by atoms with Crippen LogP contribution in [0.15, 0.2) is 35.0 Å². The van der Waals surface area contributed by atoms with Crippen molar-refractivity contribution in [3.63, 3.8) is 0 Å². The molecule has 0 saturated carbocycles. The van der Waals surface area contributed by atoms with Crippen molar-refractivity contribution in [1.29, 1.82) is 0 Å². The maximum absolute atomic E-state index is 13.1. The average Bonchev–Trinajstić information content (AvgIpc) is 2.83. The molecule has 1 aliphatic heterocycles. The van der Waals surface area contributed by atoms with Gasteiger partial charge in [-0.2, -0.15) is 11.3 Å². The van der Waals surface area contributed by atoms with Crippen LogP contribution in [0.5, 0.6) is 5.75 Å². The topological polar surface area (TPSA) is 29.5 Å². The Kier molecular flexibility index (Phi) is 2.61. The number of benzene rings is 1. The van der Waals surface area contributed by atoms with Crippen molar-refractivity contribution in [1.82, 2.24) is 0 Å². The minimum atomic E-state index is -0.667. The second-order valence-corrected chi connectivity index (χ2v) is 4.88. The summed E-state index contributed by atoms with van der Waals surface area (Å²) in [6, 6.07) is 6.24. The van der Waals surface area contributed by atoms with Crippen LogP contribution in [0.4, 0.5) is 4.39 Å². The lowest BCUT2D eigenvalue weighted by atomic mass is 9.96. The molecule has 1 aromatic carbocycles. The van der Waals surface area contributed by atoms with E-state index in [2.05, 4.69) is 0 Å². The number of fused-ring (bicyclic) bond motifs is 1. The molecule has 17 heavy (non-hydrogen) atoms. The molecule has 1 N–H and O–H groups in total. The summed E-state index contributed by atoms with van der Waals surface area (Å²) >= 11 is 1.60. The second-order valence-electron chi connectivity index (χ2n) is 4.10. The van der Waals surface area contributed by atoms with E-state index in [1.54, 1.807) is 17.4 Å². The standard InChI is InChI=1S/C13H11FO2S/c14-9-1-2-12-10(5-9)11(15)6-13(16-12)8-3-4-17-7-8/h1-5,7,11,13,15H,6H2/t11-,13?/m1/s1. The largest absolute Gasteiger partial charge is 0.485 e. The third-order valence-electron chi connectivity index (χ3n) is 2.95. The van der Waals surface area contributed by atoms with Crippen molar-refractivity contribution < 1.29 is 14.2 Å². The Hall–Kier alpha value is -1.39. The van der Waals surface area contributed by atoms with Gasteiger partial charge >= 0.3 is 0 Å². The highest BCUT2D eigenvalue weighted by molar-refractivity contribution is 7.07. The number of hydrogen-bond donors (Lipinski definition) is 1. The first kappa shape index (κ1) is 10.7. The molecule has 0 saturated heterocycles. The third kappa shape index (κ3) is 1.94. The number of ether oxygens (including phenoxy) is 1. The quantitative estimate of drug-likeness (QED) is 0.840. The molecule has 2 atom stereocenters. The first-order chi connectivity index (χ1) is 8.24. The van der Waals surface area contributed by atoms with Gasteiger partial charge in [0.25, 0.3) is 0 Å². The van der Waals surface area contributed by atoms with E-state index in [1.807, 2.05) is 16.8 Å². The molecule has 88 valence electrons. The van der Waals surface area contributed by atoms with Crippen molar-refractivity contribution in [2.75, 3.05) is 0 Å². The summed E-state index contributed by atoms with van der Waals surface area (Å²) in [4.78, 5) is 0. The molecule has 0 spiro atoms. The monoisotopic (exact) mass is 250 g/mol. The third-order valence-corrected chi connectivity index (χ3v) is 3.65. The van der Waals surface area contributed by atoms with Gasteiger partial charge < -0.3 is 9.84 Å². The van der Waals surface area contributed by atoms with Crippen molar-refractivity contribution in [2.45, 2.75) is 18.6 Å². The van der Waals surface area contributed by atoms with Crippen molar-refractivity contribution >= 4 is 11.3 Å². The summed E-state index contributed by atoms with van der Waals surface area (Å²) in [6.07, 6.45) is -0.346. The lowest BCUT2D eigenvalue weighted by Crippen LogP contribution is -2.18. The Morgan fingerprint density at radius 3 is 3.00 bits per heavy atom. The number of aliphatic hydroxyl groups excluding tert-OH is 1. The zero-order valence-corrected chi connectivity index (χ0v) is 9.78. The highest BCUT2D eigenvalue weighted by Gasteiger charge is 2.28. The second kappa shape index (κ2) is 4.13. The first-order valence-corrected chi connectivity index (χ1v) is 6.34. The number of halogens is 1. The highest BCUT2D eigenvalue weighted by Crippen LogP contribution is 2.41. The van der Waals surface area contributed by atoms with E-state index in [0.717, 1.165) is 5.56 Å². The molecule has 2 nitrogen and oxygen atoms in total. The normalized spacial score (nSPS) is 22.9. The molecule has 0 amide bonds. The fourth-order valence-electron chi connectivity index (χ4n) is 2.08. The number of thiophene rings is 1. The number of aliphatic hydroxyl groups is 1. The zero-order valence-electron chi connectivity index (χ0n) is 8.97. The first-order valence-electron chi connectivity index (χ1n) is 5.40. The molecule has 0 bridgehead atoms. The SMILES string of the molecule is O[C@@H]1CC(c2ccsc2)Oc2ccc(F)cc21. The van der Waals surface area contributed by atoms with E-state index >= 15 is 0 Å². The predicted molar refractivity (Wildman–Crippen MR) is 63.7 cm³/mol. The Balaban J connectivity index is 1.96. The molecular formula is C13H11FO2S. The Bertz CT molecular complexity index is 524.